The average molecular weight is 394 g/mol. The van der Waals surface area contributed by atoms with Crippen molar-refractivity contribution < 1.29 is 14.3 Å². The van der Waals surface area contributed by atoms with E-state index < -0.39 is 0 Å². The molecule has 7 heteroatoms. The van der Waals surface area contributed by atoms with Gasteiger partial charge < -0.3 is 19.4 Å². The Balaban J connectivity index is 1.42. The maximum atomic E-state index is 13.1. The first-order valence-corrected chi connectivity index (χ1v) is 10.1. The average Bonchev–Trinajstić information content (AvgIpc) is 3.09. The lowest BCUT2D eigenvalue weighted by atomic mass is 10.1. The molecule has 2 aromatic rings. The van der Waals surface area contributed by atoms with Crippen LogP contribution in [0, 0.1) is 0 Å². The molecule has 29 heavy (non-hydrogen) atoms. The van der Waals surface area contributed by atoms with Crippen LogP contribution >= 0.6 is 0 Å². The van der Waals surface area contributed by atoms with E-state index in [1.54, 1.807) is 11.1 Å². The van der Waals surface area contributed by atoms with Gasteiger partial charge in [-0.3, -0.25) is 4.79 Å². The molecule has 1 aromatic heterocycles. The molecule has 0 saturated carbocycles. The van der Waals surface area contributed by atoms with Crippen molar-refractivity contribution in [1.82, 2.24) is 9.88 Å². The Bertz CT molecular complexity index is 891. The molecule has 1 aromatic carbocycles. The normalized spacial score (nSPS) is 18.6. The molecule has 1 unspecified atom stereocenters. The summed E-state index contributed by atoms with van der Waals surface area (Å²) in [6.45, 7) is 6.85. The first-order valence-electron chi connectivity index (χ1n) is 10.1. The lowest BCUT2D eigenvalue weighted by Gasteiger charge is -2.34. The summed E-state index contributed by atoms with van der Waals surface area (Å²) in [7, 11) is 0. The SMILES string of the molecule is CCOC(=O)N1CCN(c2ccc(C(=O)N3c4ccccc4CC3C)cn2)CC1. The Labute approximate surface area is 170 Å². The number of nitrogens with zero attached hydrogens (tertiary/aromatic N) is 4. The van der Waals surface area contributed by atoms with Gasteiger partial charge in [-0.2, -0.15) is 0 Å². The number of carbonyl (C=O) groups excluding carboxylic acids is 2. The molecule has 4 rings (SSSR count). The first kappa shape index (κ1) is 19.2. The van der Waals surface area contributed by atoms with Gasteiger partial charge in [-0.25, -0.2) is 9.78 Å². The standard InChI is InChI=1S/C22H26N4O3/c1-3-29-22(28)25-12-10-24(11-13-25)20-9-8-18(15-23-20)21(27)26-16(2)14-17-6-4-5-7-19(17)26/h4-9,15-16H,3,10-14H2,1-2H3. The number of benzene rings is 1. The van der Waals surface area contributed by atoms with Crippen molar-refractivity contribution in [2.45, 2.75) is 26.3 Å². The Morgan fingerprint density at radius 3 is 2.55 bits per heavy atom. The second-order valence-electron chi connectivity index (χ2n) is 7.44. The van der Waals surface area contributed by atoms with Crippen molar-refractivity contribution in [2.75, 3.05) is 42.6 Å². The highest BCUT2D eigenvalue weighted by atomic mass is 16.6. The van der Waals surface area contributed by atoms with Gasteiger partial charge in [0.15, 0.2) is 0 Å². The van der Waals surface area contributed by atoms with Crippen LogP contribution < -0.4 is 9.80 Å². The van der Waals surface area contributed by atoms with Gasteiger partial charge in [-0.1, -0.05) is 18.2 Å². The maximum Gasteiger partial charge on any atom is 0.409 e. The Hall–Kier alpha value is -3.09. The third kappa shape index (κ3) is 3.77. The summed E-state index contributed by atoms with van der Waals surface area (Å²) in [6, 6.07) is 11.9. The number of hydrogen-bond acceptors (Lipinski definition) is 5. The van der Waals surface area contributed by atoms with Gasteiger partial charge >= 0.3 is 6.09 Å². The quantitative estimate of drug-likeness (QED) is 0.801. The van der Waals surface area contributed by atoms with Gasteiger partial charge in [0, 0.05) is 44.1 Å². The number of amides is 2. The molecule has 2 amide bonds. The molecule has 2 aliphatic heterocycles. The van der Waals surface area contributed by atoms with E-state index in [2.05, 4.69) is 22.9 Å². The highest BCUT2D eigenvalue weighted by molar-refractivity contribution is 6.07. The van der Waals surface area contributed by atoms with Crippen LogP contribution in [0.3, 0.4) is 0 Å². The molecule has 0 spiro atoms. The molecule has 0 radical (unpaired) electrons. The van der Waals surface area contributed by atoms with E-state index in [0.717, 1.165) is 17.9 Å². The number of carbonyl (C=O) groups is 2. The maximum absolute atomic E-state index is 13.1. The van der Waals surface area contributed by atoms with Crippen LogP contribution in [0.4, 0.5) is 16.3 Å². The van der Waals surface area contributed by atoms with Gasteiger partial charge in [0.2, 0.25) is 0 Å². The zero-order chi connectivity index (χ0) is 20.4. The fourth-order valence-corrected chi connectivity index (χ4v) is 4.05. The number of aromatic nitrogens is 1. The van der Waals surface area contributed by atoms with E-state index >= 15 is 0 Å². The van der Waals surface area contributed by atoms with E-state index in [4.69, 9.17) is 4.74 Å². The van der Waals surface area contributed by atoms with E-state index in [1.165, 1.54) is 5.56 Å². The summed E-state index contributed by atoms with van der Waals surface area (Å²) in [5, 5.41) is 0. The van der Waals surface area contributed by atoms with Gasteiger partial charge in [0.25, 0.3) is 5.91 Å². The molecule has 2 aliphatic rings. The number of rotatable bonds is 3. The molecular weight excluding hydrogens is 368 g/mol. The number of anilines is 2. The summed E-state index contributed by atoms with van der Waals surface area (Å²) in [5.74, 6) is 0.800. The van der Waals surface area contributed by atoms with E-state index in [9.17, 15) is 9.59 Å². The summed E-state index contributed by atoms with van der Waals surface area (Å²) < 4.78 is 5.06. The smallest absolute Gasteiger partial charge is 0.409 e. The summed E-state index contributed by atoms with van der Waals surface area (Å²) in [4.78, 5) is 35.2. The minimum Gasteiger partial charge on any atom is -0.450 e. The molecule has 0 N–H and O–H groups in total. The lowest BCUT2D eigenvalue weighted by molar-refractivity contribution is 0.0980. The molecule has 3 heterocycles. The third-order valence-corrected chi connectivity index (χ3v) is 5.55. The zero-order valence-electron chi connectivity index (χ0n) is 16.9. The largest absolute Gasteiger partial charge is 0.450 e. The van der Waals surface area contributed by atoms with Crippen molar-refractivity contribution >= 4 is 23.5 Å². The van der Waals surface area contributed by atoms with Crippen molar-refractivity contribution in [2.24, 2.45) is 0 Å². The summed E-state index contributed by atoms with van der Waals surface area (Å²) >= 11 is 0. The van der Waals surface area contributed by atoms with Crippen LogP contribution in [-0.2, 0) is 11.2 Å². The second kappa shape index (κ2) is 8.11. The summed E-state index contributed by atoms with van der Waals surface area (Å²) in [6.07, 6.45) is 2.27. The molecule has 1 saturated heterocycles. The molecule has 1 fully saturated rings. The van der Waals surface area contributed by atoms with Crippen molar-refractivity contribution in [3.8, 4) is 0 Å². The minimum absolute atomic E-state index is 0.0198. The first-order chi connectivity index (χ1) is 14.1. The van der Waals surface area contributed by atoms with Crippen molar-refractivity contribution in [1.29, 1.82) is 0 Å². The number of pyridine rings is 1. The predicted molar refractivity (Wildman–Crippen MR) is 111 cm³/mol. The number of para-hydroxylation sites is 1. The van der Waals surface area contributed by atoms with E-state index in [1.807, 2.05) is 42.2 Å². The predicted octanol–water partition coefficient (Wildman–Crippen LogP) is 2.95. The van der Waals surface area contributed by atoms with Crippen LogP contribution in [-0.4, -0.2) is 60.7 Å². The fraction of sp³-hybridized carbons (Fsp3) is 0.409. The molecule has 0 bridgehead atoms. The Kier molecular flexibility index (Phi) is 5.38. The summed E-state index contributed by atoms with van der Waals surface area (Å²) in [5.41, 5.74) is 2.78. The number of hydrogen-bond donors (Lipinski definition) is 0. The van der Waals surface area contributed by atoms with Gasteiger partial charge in [0.1, 0.15) is 5.82 Å². The zero-order valence-corrected chi connectivity index (χ0v) is 16.9. The number of fused-ring (bicyclic) bond motifs is 1. The highest BCUT2D eigenvalue weighted by Crippen LogP contribution is 2.33. The van der Waals surface area contributed by atoms with Crippen LogP contribution in [0.2, 0.25) is 0 Å². The van der Waals surface area contributed by atoms with Gasteiger partial charge in [-0.05, 0) is 44.0 Å². The Morgan fingerprint density at radius 2 is 1.86 bits per heavy atom. The minimum atomic E-state index is -0.263. The Morgan fingerprint density at radius 1 is 1.10 bits per heavy atom. The molecule has 152 valence electrons. The topological polar surface area (TPSA) is 66.0 Å². The highest BCUT2D eigenvalue weighted by Gasteiger charge is 2.31. The molecular formula is C22H26N4O3. The monoisotopic (exact) mass is 394 g/mol. The van der Waals surface area contributed by atoms with Crippen LogP contribution in [0.15, 0.2) is 42.6 Å². The molecule has 0 aliphatic carbocycles. The van der Waals surface area contributed by atoms with Gasteiger partial charge in [-0.15, -0.1) is 0 Å². The number of ether oxygens (including phenoxy) is 1. The van der Waals surface area contributed by atoms with Crippen LogP contribution in [0.1, 0.15) is 29.8 Å². The molecule has 7 nitrogen and oxygen atoms in total. The second-order valence-corrected chi connectivity index (χ2v) is 7.44. The number of piperazine rings is 1. The van der Waals surface area contributed by atoms with E-state index in [-0.39, 0.29) is 18.0 Å². The van der Waals surface area contributed by atoms with Crippen LogP contribution in [0.25, 0.3) is 0 Å². The van der Waals surface area contributed by atoms with Crippen LogP contribution in [0.5, 0.6) is 0 Å². The lowest BCUT2D eigenvalue weighted by Crippen LogP contribution is -2.49. The van der Waals surface area contributed by atoms with Gasteiger partial charge in [0.05, 0.1) is 12.2 Å². The van der Waals surface area contributed by atoms with Crippen molar-refractivity contribution in [3.63, 3.8) is 0 Å². The fourth-order valence-electron chi connectivity index (χ4n) is 4.05. The third-order valence-electron chi connectivity index (χ3n) is 5.55. The molecule has 1 atom stereocenters. The van der Waals surface area contributed by atoms with E-state index in [0.29, 0.717) is 38.3 Å². The van der Waals surface area contributed by atoms with Crippen molar-refractivity contribution in [3.05, 3.63) is 53.7 Å².